The quantitative estimate of drug-likeness (QED) is 0.722. The summed E-state index contributed by atoms with van der Waals surface area (Å²) in [5.41, 5.74) is 8.63. The van der Waals surface area contributed by atoms with Gasteiger partial charge in [0.25, 0.3) is 0 Å². The van der Waals surface area contributed by atoms with Crippen molar-refractivity contribution in [2.24, 2.45) is 5.73 Å². The Bertz CT molecular complexity index is 919. The molecule has 1 saturated heterocycles. The summed E-state index contributed by atoms with van der Waals surface area (Å²) in [7, 11) is 0. The van der Waals surface area contributed by atoms with E-state index in [4.69, 9.17) is 5.73 Å². The first-order valence-electron chi connectivity index (χ1n) is 8.44. The first-order chi connectivity index (χ1) is 12.5. The first-order valence-corrected chi connectivity index (χ1v) is 8.44. The van der Waals surface area contributed by atoms with E-state index in [0.29, 0.717) is 11.6 Å². The topological polar surface area (TPSA) is 123 Å². The van der Waals surface area contributed by atoms with Gasteiger partial charge in [0.1, 0.15) is 6.54 Å². The van der Waals surface area contributed by atoms with Crippen molar-refractivity contribution in [1.82, 2.24) is 25.0 Å². The zero-order valence-electron chi connectivity index (χ0n) is 14.1. The van der Waals surface area contributed by atoms with E-state index in [1.165, 1.54) is 16.0 Å². The highest BCUT2D eigenvalue weighted by atomic mass is 16.2. The van der Waals surface area contributed by atoms with Crippen LogP contribution in [0, 0.1) is 0 Å². The van der Waals surface area contributed by atoms with Gasteiger partial charge in [-0.3, -0.25) is 14.9 Å². The normalized spacial score (nSPS) is 16.1. The van der Waals surface area contributed by atoms with E-state index in [2.05, 4.69) is 21.5 Å². The number of urea groups is 1. The number of benzene rings is 1. The molecular weight excluding hydrogens is 336 g/mol. The van der Waals surface area contributed by atoms with E-state index in [1.807, 2.05) is 12.1 Å². The van der Waals surface area contributed by atoms with Crippen molar-refractivity contribution >= 4 is 17.8 Å². The van der Waals surface area contributed by atoms with Crippen molar-refractivity contribution in [3.8, 4) is 5.69 Å². The Morgan fingerprint density at radius 3 is 2.85 bits per heavy atom. The molecule has 2 aliphatic rings. The molecule has 2 heterocycles. The predicted octanol–water partition coefficient (Wildman–Crippen LogP) is -0.164. The molecule has 0 unspecified atom stereocenters. The molecule has 0 atom stereocenters. The second-order valence-corrected chi connectivity index (χ2v) is 6.48. The van der Waals surface area contributed by atoms with Crippen LogP contribution < -0.4 is 11.1 Å². The monoisotopic (exact) mass is 354 g/mol. The molecule has 0 radical (unpaired) electrons. The van der Waals surface area contributed by atoms with Crippen LogP contribution in [0.3, 0.4) is 0 Å². The van der Waals surface area contributed by atoms with Crippen LogP contribution in [0.15, 0.2) is 18.2 Å². The molecule has 134 valence electrons. The van der Waals surface area contributed by atoms with Crippen LogP contribution >= 0.6 is 0 Å². The van der Waals surface area contributed by atoms with Gasteiger partial charge in [-0.15, -0.1) is 0 Å². The molecular formula is C17H18N6O3. The molecule has 9 heteroatoms. The van der Waals surface area contributed by atoms with Crippen molar-refractivity contribution in [3.05, 3.63) is 41.0 Å². The Morgan fingerprint density at radius 1 is 1.27 bits per heavy atom. The number of imide groups is 1. The summed E-state index contributed by atoms with van der Waals surface area (Å²) in [5, 5.41) is 6.69. The minimum atomic E-state index is -0.527. The standard InChI is InChI=1S/C17H18N6O3/c18-13(24)7-14-19-15(8-22-9-16(25)20-17(22)26)23(21-14)12-6-2-4-10-3-1-5-11(10)12/h2,4,6H,1,3,5,7-9H2,(H2,18,24)(H,20,25,26). The highest BCUT2D eigenvalue weighted by Crippen LogP contribution is 2.28. The Hall–Kier alpha value is -3.23. The molecule has 1 fully saturated rings. The fraction of sp³-hybridized carbons (Fsp3) is 0.353. The Labute approximate surface area is 149 Å². The maximum Gasteiger partial charge on any atom is 0.324 e. The van der Waals surface area contributed by atoms with Crippen LogP contribution in [0.25, 0.3) is 5.69 Å². The highest BCUT2D eigenvalue weighted by molar-refractivity contribution is 6.01. The molecule has 0 spiro atoms. The molecule has 4 amide bonds. The maximum atomic E-state index is 11.9. The third kappa shape index (κ3) is 2.92. The molecule has 0 saturated carbocycles. The average molecular weight is 354 g/mol. The second kappa shape index (κ2) is 6.25. The molecule has 3 N–H and O–H groups in total. The summed E-state index contributed by atoms with van der Waals surface area (Å²) < 4.78 is 1.67. The molecule has 1 aromatic carbocycles. The zero-order chi connectivity index (χ0) is 18.3. The molecule has 26 heavy (non-hydrogen) atoms. The summed E-state index contributed by atoms with van der Waals surface area (Å²) in [6, 6.07) is 5.55. The Morgan fingerprint density at radius 2 is 2.12 bits per heavy atom. The molecule has 1 aliphatic carbocycles. The van der Waals surface area contributed by atoms with Gasteiger partial charge in [-0.2, -0.15) is 5.10 Å². The van der Waals surface area contributed by atoms with E-state index < -0.39 is 11.9 Å². The number of carbonyl (C=O) groups is 3. The molecule has 1 aromatic heterocycles. The number of aryl methyl sites for hydroxylation is 1. The number of fused-ring (bicyclic) bond motifs is 1. The van der Waals surface area contributed by atoms with Gasteiger partial charge in [-0.05, 0) is 36.5 Å². The Balaban J connectivity index is 1.74. The van der Waals surface area contributed by atoms with Crippen molar-refractivity contribution in [2.45, 2.75) is 32.2 Å². The van der Waals surface area contributed by atoms with Gasteiger partial charge in [0.05, 0.1) is 18.7 Å². The van der Waals surface area contributed by atoms with Gasteiger partial charge in [0.2, 0.25) is 11.8 Å². The van der Waals surface area contributed by atoms with Crippen molar-refractivity contribution in [3.63, 3.8) is 0 Å². The smallest absolute Gasteiger partial charge is 0.324 e. The van der Waals surface area contributed by atoms with Gasteiger partial charge in [0, 0.05) is 0 Å². The van der Waals surface area contributed by atoms with Crippen molar-refractivity contribution < 1.29 is 14.4 Å². The number of nitrogens with zero attached hydrogens (tertiary/aromatic N) is 4. The number of carbonyl (C=O) groups excluding carboxylic acids is 3. The minimum absolute atomic E-state index is 0.0241. The number of nitrogens with one attached hydrogen (secondary N) is 1. The molecule has 1 aliphatic heterocycles. The van der Waals surface area contributed by atoms with Gasteiger partial charge in [0.15, 0.2) is 11.6 Å². The molecule has 9 nitrogen and oxygen atoms in total. The number of aromatic nitrogens is 3. The van der Waals surface area contributed by atoms with Gasteiger partial charge in [-0.25, -0.2) is 14.5 Å². The first kappa shape index (κ1) is 16.2. The van der Waals surface area contributed by atoms with Crippen LogP contribution in [0.4, 0.5) is 4.79 Å². The zero-order valence-corrected chi connectivity index (χ0v) is 14.1. The van der Waals surface area contributed by atoms with Crippen molar-refractivity contribution in [1.29, 1.82) is 0 Å². The number of hydrogen-bond donors (Lipinski definition) is 2. The van der Waals surface area contributed by atoms with E-state index in [9.17, 15) is 14.4 Å². The second-order valence-electron chi connectivity index (χ2n) is 6.48. The molecule has 2 aromatic rings. The molecule has 4 rings (SSSR count). The largest absolute Gasteiger partial charge is 0.369 e. The number of nitrogens with two attached hydrogens (primary N) is 1. The van der Waals surface area contributed by atoms with Gasteiger partial charge in [-0.1, -0.05) is 12.1 Å². The van der Waals surface area contributed by atoms with Crippen LogP contribution in [0.1, 0.15) is 29.2 Å². The highest BCUT2D eigenvalue weighted by Gasteiger charge is 2.29. The van der Waals surface area contributed by atoms with E-state index >= 15 is 0 Å². The maximum absolute atomic E-state index is 11.9. The summed E-state index contributed by atoms with van der Waals surface area (Å²) in [6.07, 6.45) is 2.96. The van der Waals surface area contributed by atoms with Crippen LogP contribution in [0.5, 0.6) is 0 Å². The number of hydrogen-bond acceptors (Lipinski definition) is 5. The predicted molar refractivity (Wildman–Crippen MR) is 90.2 cm³/mol. The summed E-state index contributed by atoms with van der Waals surface area (Å²) in [4.78, 5) is 40.3. The number of amides is 4. The third-order valence-electron chi connectivity index (χ3n) is 4.60. The fourth-order valence-corrected chi connectivity index (χ4v) is 3.50. The summed E-state index contributed by atoms with van der Waals surface area (Å²) in [6.45, 7) is 0.0940. The summed E-state index contributed by atoms with van der Waals surface area (Å²) >= 11 is 0. The van der Waals surface area contributed by atoms with Crippen LogP contribution in [-0.2, 0) is 35.4 Å². The van der Waals surface area contributed by atoms with E-state index in [0.717, 1.165) is 24.9 Å². The third-order valence-corrected chi connectivity index (χ3v) is 4.60. The lowest BCUT2D eigenvalue weighted by atomic mass is 10.1. The lowest BCUT2D eigenvalue weighted by molar-refractivity contribution is -0.118. The van der Waals surface area contributed by atoms with E-state index in [-0.39, 0.29) is 25.4 Å². The lowest BCUT2D eigenvalue weighted by Gasteiger charge is -2.15. The van der Waals surface area contributed by atoms with Gasteiger partial charge >= 0.3 is 6.03 Å². The SMILES string of the molecule is NC(=O)Cc1nc(CN2CC(=O)NC2=O)n(-c2cccc3c2CCC3)n1. The van der Waals surface area contributed by atoms with Crippen LogP contribution in [0.2, 0.25) is 0 Å². The van der Waals surface area contributed by atoms with Gasteiger partial charge < -0.3 is 10.6 Å². The number of rotatable bonds is 5. The lowest BCUT2D eigenvalue weighted by Crippen LogP contribution is -2.29. The summed E-state index contributed by atoms with van der Waals surface area (Å²) in [5.74, 6) is -0.0828. The van der Waals surface area contributed by atoms with Crippen molar-refractivity contribution in [2.75, 3.05) is 6.54 Å². The molecule has 0 bridgehead atoms. The average Bonchev–Trinajstić information content (AvgIpc) is 3.26. The number of primary amides is 1. The minimum Gasteiger partial charge on any atom is -0.369 e. The van der Waals surface area contributed by atoms with E-state index in [1.54, 1.807) is 4.68 Å². The Kier molecular flexibility index (Phi) is 3.90. The fourth-order valence-electron chi connectivity index (χ4n) is 3.50. The van der Waals surface area contributed by atoms with Crippen LogP contribution in [-0.4, -0.2) is 44.1 Å².